The highest BCUT2D eigenvalue weighted by Gasteiger charge is 2.08. The molecule has 2 N–H and O–H groups in total. The fourth-order valence-electron chi connectivity index (χ4n) is 2.16. The molecule has 0 aliphatic carbocycles. The molecule has 0 aliphatic rings. The first-order chi connectivity index (χ1) is 8.26. The molecule has 0 amide bonds. The van der Waals surface area contributed by atoms with Gasteiger partial charge in [0.1, 0.15) is 0 Å². The summed E-state index contributed by atoms with van der Waals surface area (Å²) >= 11 is 0. The number of para-hydroxylation sites is 1. The molecule has 0 radical (unpaired) electrons. The predicted octanol–water partition coefficient (Wildman–Crippen LogP) is 2.04. The lowest BCUT2D eigenvalue weighted by Gasteiger charge is -2.13. The van der Waals surface area contributed by atoms with Crippen LogP contribution in [0, 0.1) is 0 Å². The van der Waals surface area contributed by atoms with Gasteiger partial charge in [0.05, 0.1) is 6.61 Å². The van der Waals surface area contributed by atoms with Gasteiger partial charge in [-0.05, 0) is 18.1 Å². The summed E-state index contributed by atoms with van der Waals surface area (Å²) in [7, 11) is 2.06. The van der Waals surface area contributed by atoms with E-state index in [9.17, 15) is 0 Å². The van der Waals surface area contributed by atoms with Crippen LogP contribution >= 0.6 is 0 Å². The molecule has 3 nitrogen and oxygen atoms in total. The molecule has 0 fully saturated rings. The average molecular weight is 232 g/mol. The molecule has 0 saturated heterocycles. The molecular weight excluding hydrogens is 212 g/mol. The largest absolute Gasteiger partial charge is 0.395 e. The van der Waals surface area contributed by atoms with Crippen molar-refractivity contribution in [3.8, 4) is 0 Å². The van der Waals surface area contributed by atoms with Crippen molar-refractivity contribution >= 4 is 10.9 Å². The molecule has 0 spiro atoms. The molecule has 92 valence electrons. The molecule has 0 bridgehead atoms. The van der Waals surface area contributed by atoms with Crippen LogP contribution in [0.1, 0.15) is 18.9 Å². The van der Waals surface area contributed by atoms with Crippen LogP contribution in [-0.4, -0.2) is 22.3 Å². The summed E-state index contributed by atoms with van der Waals surface area (Å²) in [5.41, 5.74) is 2.54. The number of aromatic nitrogens is 1. The van der Waals surface area contributed by atoms with Crippen LogP contribution in [0.3, 0.4) is 0 Å². The molecule has 1 atom stereocenters. The summed E-state index contributed by atoms with van der Waals surface area (Å²) in [6.45, 7) is 3.08. The SMILES string of the molecule is CC[C@@H](CO)NCc1cn(C)c2ccccc12. The van der Waals surface area contributed by atoms with Crippen LogP contribution in [0.15, 0.2) is 30.5 Å². The van der Waals surface area contributed by atoms with Crippen molar-refractivity contribution in [2.24, 2.45) is 7.05 Å². The van der Waals surface area contributed by atoms with Gasteiger partial charge in [0.15, 0.2) is 0 Å². The molecule has 1 heterocycles. The number of aliphatic hydroxyl groups is 1. The number of nitrogens with zero attached hydrogens (tertiary/aromatic N) is 1. The normalized spacial score (nSPS) is 13.1. The third-order valence-electron chi connectivity index (χ3n) is 3.27. The average Bonchev–Trinajstić information content (AvgIpc) is 2.69. The van der Waals surface area contributed by atoms with Gasteiger partial charge in [-0.1, -0.05) is 25.1 Å². The van der Waals surface area contributed by atoms with Crippen LogP contribution in [0.4, 0.5) is 0 Å². The number of aliphatic hydroxyl groups excluding tert-OH is 1. The van der Waals surface area contributed by atoms with Crippen molar-refractivity contribution < 1.29 is 5.11 Å². The lowest BCUT2D eigenvalue weighted by atomic mass is 10.1. The molecule has 17 heavy (non-hydrogen) atoms. The van der Waals surface area contributed by atoms with Gasteiger partial charge >= 0.3 is 0 Å². The van der Waals surface area contributed by atoms with Gasteiger partial charge in [-0.2, -0.15) is 0 Å². The third kappa shape index (κ3) is 2.51. The zero-order valence-electron chi connectivity index (χ0n) is 10.5. The zero-order valence-corrected chi connectivity index (χ0v) is 10.5. The molecule has 1 aromatic heterocycles. The lowest BCUT2D eigenvalue weighted by Crippen LogP contribution is -2.31. The van der Waals surface area contributed by atoms with Gasteiger partial charge in [-0.25, -0.2) is 0 Å². The Balaban J connectivity index is 2.19. The van der Waals surface area contributed by atoms with Crippen LogP contribution in [0.25, 0.3) is 10.9 Å². The molecule has 2 aromatic rings. The van der Waals surface area contributed by atoms with E-state index < -0.39 is 0 Å². The van der Waals surface area contributed by atoms with E-state index in [0.29, 0.717) is 0 Å². The van der Waals surface area contributed by atoms with Crippen molar-refractivity contribution in [1.29, 1.82) is 0 Å². The first-order valence-corrected chi connectivity index (χ1v) is 6.13. The minimum atomic E-state index is 0.189. The maximum Gasteiger partial charge on any atom is 0.0584 e. The van der Waals surface area contributed by atoms with Gasteiger partial charge < -0.3 is 15.0 Å². The predicted molar refractivity (Wildman–Crippen MR) is 70.9 cm³/mol. The Hall–Kier alpha value is -1.32. The van der Waals surface area contributed by atoms with E-state index in [-0.39, 0.29) is 12.6 Å². The second kappa shape index (κ2) is 5.34. The maximum absolute atomic E-state index is 9.15. The van der Waals surface area contributed by atoms with E-state index in [1.54, 1.807) is 0 Å². The van der Waals surface area contributed by atoms with Crippen LogP contribution in [-0.2, 0) is 13.6 Å². The van der Waals surface area contributed by atoms with Crippen molar-refractivity contribution in [3.63, 3.8) is 0 Å². The first kappa shape index (κ1) is 12.1. The van der Waals surface area contributed by atoms with Crippen LogP contribution < -0.4 is 5.32 Å². The summed E-state index contributed by atoms with van der Waals surface area (Å²) in [5.74, 6) is 0. The minimum absolute atomic E-state index is 0.189. The van der Waals surface area contributed by atoms with Gasteiger partial charge in [-0.3, -0.25) is 0 Å². The summed E-state index contributed by atoms with van der Waals surface area (Å²) in [5, 5.41) is 13.8. The Morgan fingerprint density at radius 1 is 1.35 bits per heavy atom. The highest BCUT2D eigenvalue weighted by atomic mass is 16.3. The minimum Gasteiger partial charge on any atom is -0.395 e. The van der Waals surface area contributed by atoms with E-state index in [1.807, 2.05) is 0 Å². The third-order valence-corrected chi connectivity index (χ3v) is 3.27. The lowest BCUT2D eigenvalue weighted by molar-refractivity contribution is 0.238. The Morgan fingerprint density at radius 3 is 2.82 bits per heavy atom. The van der Waals surface area contributed by atoms with Crippen molar-refractivity contribution in [1.82, 2.24) is 9.88 Å². The van der Waals surface area contributed by atoms with Crippen LogP contribution in [0.2, 0.25) is 0 Å². The molecule has 3 heteroatoms. The second-order valence-electron chi connectivity index (χ2n) is 4.45. The Bertz CT molecular complexity index is 486. The van der Waals surface area contributed by atoms with Gasteiger partial charge in [0.2, 0.25) is 0 Å². The second-order valence-corrected chi connectivity index (χ2v) is 4.45. The number of nitrogens with one attached hydrogen (secondary N) is 1. The molecule has 0 saturated carbocycles. The number of hydrogen-bond donors (Lipinski definition) is 2. The number of benzene rings is 1. The van der Waals surface area contributed by atoms with Crippen molar-refractivity contribution in [2.75, 3.05) is 6.61 Å². The molecule has 1 aromatic carbocycles. The zero-order chi connectivity index (χ0) is 12.3. The molecule has 0 unspecified atom stereocenters. The smallest absolute Gasteiger partial charge is 0.0584 e. The fraction of sp³-hybridized carbons (Fsp3) is 0.429. The Kier molecular flexibility index (Phi) is 3.82. The quantitative estimate of drug-likeness (QED) is 0.827. The summed E-state index contributed by atoms with van der Waals surface area (Å²) in [6, 6.07) is 8.58. The van der Waals surface area contributed by atoms with Gasteiger partial charge in [0, 0.05) is 36.7 Å². The maximum atomic E-state index is 9.15. The fourth-order valence-corrected chi connectivity index (χ4v) is 2.16. The molecule has 2 rings (SSSR count). The van der Waals surface area contributed by atoms with Crippen molar-refractivity contribution in [2.45, 2.75) is 25.9 Å². The number of rotatable bonds is 5. The van der Waals surface area contributed by atoms with E-state index in [1.165, 1.54) is 16.5 Å². The molecular formula is C14H20N2O. The highest BCUT2D eigenvalue weighted by molar-refractivity contribution is 5.83. The van der Waals surface area contributed by atoms with Gasteiger partial charge in [-0.15, -0.1) is 0 Å². The topological polar surface area (TPSA) is 37.2 Å². The first-order valence-electron chi connectivity index (χ1n) is 6.13. The summed E-state index contributed by atoms with van der Waals surface area (Å²) < 4.78 is 2.15. The van der Waals surface area contributed by atoms with Gasteiger partial charge in [0.25, 0.3) is 0 Å². The monoisotopic (exact) mass is 232 g/mol. The summed E-state index contributed by atoms with van der Waals surface area (Å²) in [6.07, 6.45) is 3.10. The van der Waals surface area contributed by atoms with E-state index in [4.69, 9.17) is 5.11 Å². The van der Waals surface area contributed by atoms with Crippen LogP contribution in [0.5, 0.6) is 0 Å². The number of hydrogen-bond acceptors (Lipinski definition) is 2. The molecule has 0 aliphatic heterocycles. The van der Waals surface area contributed by atoms with Crippen molar-refractivity contribution in [3.05, 3.63) is 36.0 Å². The Labute approximate surface area is 102 Å². The highest BCUT2D eigenvalue weighted by Crippen LogP contribution is 2.20. The number of fused-ring (bicyclic) bond motifs is 1. The van der Waals surface area contributed by atoms with E-state index >= 15 is 0 Å². The summed E-state index contributed by atoms with van der Waals surface area (Å²) in [4.78, 5) is 0. The Morgan fingerprint density at radius 2 is 2.12 bits per heavy atom. The standard InChI is InChI=1S/C14H20N2O/c1-3-12(10-17)15-8-11-9-16(2)14-7-5-4-6-13(11)14/h4-7,9,12,15,17H,3,8,10H2,1-2H3/t12-/m0/s1. The van der Waals surface area contributed by atoms with E-state index in [0.717, 1.165) is 13.0 Å². The van der Waals surface area contributed by atoms with E-state index in [2.05, 4.69) is 54.3 Å². The number of aryl methyl sites for hydroxylation is 1.